The number of hydrogen-bond donors (Lipinski definition) is 1. The van der Waals surface area contributed by atoms with Gasteiger partial charge in [0.2, 0.25) is 0 Å². The Kier molecular flexibility index (Phi) is 4.62. The third-order valence-corrected chi connectivity index (χ3v) is 4.11. The van der Waals surface area contributed by atoms with Crippen LogP contribution in [0, 0.1) is 11.3 Å². The molecule has 3 aromatic rings. The lowest BCUT2D eigenvalue weighted by Gasteiger charge is -2.17. The van der Waals surface area contributed by atoms with E-state index in [-0.39, 0.29) is 18.3 Å². The number of nitriles is 1. The second kappa shape index (κ2) is 7.01. The molecule has 3 rings (SSSR count). The third-order valence-electron chi connectivity index (χ3n) is 4.11. The van der Waals surface area contributed by atoms with Crippen LogP contribution < -0.4 is 0 Å². The molecule has 1 N–H and O–H groups in total. The van der Waals surface area contributed by atoms with Crippen LogP contribution in [0.25, 0.3) is 10.9 Å². The Hall–Kier alpha value is -3.06. The molecule has 1 heterocycles. The van der Waals surface area contributed by atoms with Gasteiger partial charge in [0.05, 0.1) is 18.6 Å². The maximum Gasteiger partial charge on any atom is 0.306 e. The van der Waals surface area contributed by atoms with Gasteiger partial charge in [-0.15, -0.1) is 0 Å². The van der Waals surface area contributed by atoms with Gasteiger partial charge in [0.25, 0.3) is 0 Å². The van der Waals surface area contributed by atoms with Gasteiger partial charge in [-0.2, -0.15) is 5.26 Å². The molecule has 2 aromatic carbocycles. The molecule has 0 aliphatic rings. The molecule has 0 saturated heterocycles. The highest BCUT2D eigenvalue weighted by Crippen LogP contribution is 2.31. The number of carbonyl (C=O) groups is 1. The van der Waals surface area contributed by atoms with Gasteiger partial charge in [0.15, 0.2) is 0 Å². The first kappa shape index (κ1) is 15.8. The maximum absolute atomic E-state index is 12.1. The van der Waals surface area contributed by atoms with Gasteiger partial charge in [-0.3, -0.25) is 4.79 Å². The van der Waals surface area contributed by atoms with Gasteiger partial charge in [0.1, 0.15) is 6.07 Å². The standard InChI is InChI=1S/C20H18N2O2/c1-2-24-20(23)11-17(14-6-4-3-5-7-14)15-8-9-19-18(10-15)16(12-21)13-22-19/h3-10,13,17,22H,2,11H2,1H3. The summed E-state index contributed by atoms with van der Waals surface area (Å²) >= 11 is 0. The highest BCUT2D eigenvalue weighted by Gasteiger charge is 2.20. The van der Waals surface area contributed by atoms with Crippen LogP contribution in [0.15, 0.2) is 54.7 Å². The number of nitrogens with zero attached hydrogens (tertiary/aromatic N) is 1. The number of esters is 1. The SMILES string of the molecule is CCOC(=O)CC(c1ccccc1)c1ccc2[nH]cc(C#N)c2c1. The van der Waals surface area contributed by atoms with Crippen molar-refractivity contribution in [3.8, 4) is 6.07 Å². The van der Waals surface area contributed by atoms with E-state index in [1.807, 2.05) is 48.5 Å². The molecule has 0 aliphatic heterocycles. The van der Waals surface area contributed by atoms with Gasteiger partial charge < -0.3 is 9.72 Å². The van der Waals surface area contributed by atoms with E-state index in [2.05, 4.69) is 11.1 Å². The molecule has 0 saturated carbocycles. The number of rotatable bonds is 5. The summed E-state index contributed by atoms with van der Waals surface area (Å²) in [4.78, 5) is 15.1. The molecule has 4 heteroatoms. The molecule has 0 amide bonds. The lowest BCUT2D eigenvalue weighted by molar-refractivity contribution is -0.143. The fraction of sp³-hybridized carbons (Fsp3) is 0.200. The number of H-pyrrole nitrogens is 1. The second-order valence-electron chi connectivity index (χ2n) is 5.59. The monoisotopic (exact) mass is 318 g/mol. The maximum atomic E-state index is 12.1. The molecule has 0 aliphatic carbocycles. The molecule has 120 valence electrons. The first-order chi connectivity index (χ1) is 11.7. The van der Waals surface area contributed by atoms with Gasteiger partial charge in [-0.05, 0) is 30.2 Å². The lowest BCUT2D eigenvalue weighted by Crippen LogP contribution is -2.11. The van der Waals surface area contributed by atoms with Crippen molar-refractivity contribution in [2.75, 3.05) is 6.61 Å². The van der Waals surface area contributed by atoms with Crippen molar-refractivity contribution in [3.05, 3.63) is 71.4 Å². The van der Waals surface area contributed by atoms with E-state index in [4.69, 9.17) is 4.74 Å². The molecule has 0 spiro atoms. The third kappa shape index (κ3) is 3.16. The van der Waals surface area contributed by atoms with Crippen molar-refractivity contribution in [3.63, 3.8) is 0 Å². The Bertz CT molecular complexity index is 891. The zero-order valence-corrected chi connectivity index (χ0v) is 13.5. The fourth-order valence-corrected chi connectivity index (χ4v) is 2.95. The van der Waals surface area contributed by atoms with Gasteiger partial charge in [-0.1, -0.05) is 36.4 Å². The minimum atomic E-state index is -0.221. The summed E-state index contributed by atoms with van der Waals surface area (Å²) in [6.45, 7) is 2.18. The summed E-state index contributed by atoms with van der Waals surface area (Å²) in [5.41, 5.74) is 3.57. The molecule has 0 fully saturated rings. The minimum Gasteiger partial charge on any atom is -0.466 e. The van der Waals surface area contributed by atoms with Crippen molar-refractivity contribution >= 4 is 16.9 Å². The van der Waals surface area contributed by atoms with Crippen molar-refractivity contribution < 1.29 is 9.53 Å². The second-order valence-corrected chi connectivity index (χ2v) is 5.59. The molecular weight excluding hydrogens is 300 g/mol. The van der Waals surface area contributed by atoms with E-state index in [9.17, 15) is 10.1 Å². The molecular formula is C20H18N2O2. The summed E-state index contributed by atoms with van der Waals surface area (Å²) in [5, 5.41) is 10.1. The van der Waals surface area contributed by atoms with E-state index in [1.165, 1.54) is 0 Å². The number of aromatic amines is 1. The summed E-state index contributed by atoms with van der Waals surface area (Å²) in [6, 6.07) is 18.0. The zero-order chi connectivity index (χ0) is 16.9. The Balaban J connectivity index is 2.04. The highest BCUT2D eigenvalue weighted by atomic mass is 16.5. The van der Waals surface area contributed by atoms with E-state index in [0.29, 0.717) is 12.2 Å². The predicted molar refractivity (Wildman–Crippen MR) is 92.5 cm³/mol. The normalized spacial score (nSPS) is 11.8. The Labute approximate surface area is 140 Å². The van der Waals surface area contributed by atoms with E-state index < -0.39 is 0 Å². The number of hydrogen-bond acceptors (Lipinski definition) is 3. The largest absolute Gasteiger partial charge is 0.466 e. The van der Waals surface area contributed by atoms with Crippen molar-refractivity contribution in [1.82, 2.24) is 4.98 Å². The average molecular weight is 318 g/mol. The number of ether oxygens (including phenoxy) is 1. The Morgan fingerprint density at radius 2 is 2.00 bits per heavy atom. The first-order valence-corrected chi connectivity index (χ1v) is 7.94. The number of aromatic nitrogens is 1. The van der Waals surface area contributed by atoms with Crippen molar-refractivity contribution in [1.29, 1.82) is 5.26 Å². The Morgan fingerprint density at radius 3 is 2.71 bits per heavy atom. The predicted octanol–water partition coefficient (Wildman–Crippen LogP) is 4.12. The smallest absolute Gasteiger partial charge is 0.306 e. The molecule has 0 radical (unpaired) electrons. The molecule has 4 nitrogen and oxygen atoms in total. The van der Waals surface area contributed by atoms with Gasteiger partial charge in [0, 0.05) is 23.0 Å². The first-order valence-electron chi connectivity index (χ1n) is 7.94. The number of benzene rings is 2. The molecule has 1 atom stereocenters. The number of nitrogens with one attached hydrogen (secondary N) is 1. The van der Waals surface area contributed by atoms with Crippen LogP contribution in [0.4, 0.5) is 0 Å². The van der Waals surface area contributed by atoms with Crippen LogP contribution in [0.2, 0.25) is 0 Å². The van der Waals surface area contributed by atoms with Crippen molar-refractivity contribution in [2.45, 2.75) is 19.3 Å². The van der Waals surface area contributed by atoms with E-state index in [0.717, 1.165) is 22.0 Å². The topological polar surface area (TPSA) is 65.9 Å². The Morgan fingerprint density at radius 1 is 1.21 bits per heavy atom. The number of carbonyl (C=O) groups excluding carboxylic acids is 1. The summed E-state index contributed by atoms with van der Waals surface area (Å²) in [7, 11) is 0. The lowest BCUT2D eigenvalue weighted by atomic mass is 9.88. The van der Waals surface area contributed by atoms with Crippen LogP contribution >= 0.6 is 0 Å². The van der Waals surface area contributed by atoms with Crippen LogP contribution in [-0.4, -0.2) is 17.6 Å². The van der Waals surface area contributed by atoms with E-state index in [1.54, 1.807) is 13.1 Å². The van der Waals surface area contributed by atoms with Crippen molar-refractivity contribution in [2.24, 2.45) is 0 Å². The quantitative estimate of drug-likeness (QED) is 0.719. The summed E-state index contributed by atoms with van der Waals surface area (Å²) in [6.07, 6.45) is 1.98. The van der Waals surface area contributed by atoms with E-state index >= 15 is 0 Å². The van der Waals surface area contributed by atoms with Gasteiger partial charge in [-0.25, -0.2) is 0 Å². The summed E-state index contributed by atoms with van der Waals surface area (Å²) in [5.74, 6) is -0.322. The fourth-order valence-electron chi connectivity index (χ4n) is 2.95. The van der Waals surface area contributed by atoms with Crippen LogP contribution in [0.5, 0.6) is 0 Å². The zero-order valence-electron chi connectivity index (χ0n) is 13.5. The summed E-state index contributed by atoms with van der Waals surface area (Å²) < 4.78 is 5.14. The van der Waals surface area contributed by atoms with Gasteiger partial charge >= 0.3 is 5.97 Å². The highest BCUT2D eigenvalue weighted by molar-refractivity contribution is 5.86. The molecule has 24 heavy (non-hydrogen) atoms. The van der Waals surface area contributed by atoms with Crippen LogP contribution in [-0.2, 0) is 9.53 Å². The van der Waals surface area contributed by atoms with Crippen LogP contribution in [0.3, 0.4) is 0 Å². The number of fused-ring (bicyclic) bond motifs is 1. The minimum absolute atomic E-state index is 0.101. The molecule has 1 aromatic heterocycles. The van der Waals surface area contributed by atoms with Crippen LogP contribution in [0.1, 0.15) is 36.0 Å². The average Bonchev–Trinajstić information content (AvgIpc) is 3.03. The molecule has 1 unspecified atom stereocenters. The molecule has 0 bridgehead atoms.